The molecule has 1 saturated heterocycles. The van der Waals surface area contributed by atoms with Gasteiger partial charge < -0.3 is 14.4 Å². The van der Waals surface area contributed by atoms with Gasteiger partial charge in [0.2, 0.25) is 0 Å². The smallest absolute Gasteiger partial charge is 0.410 e. The van der Waals surface area contributed by atoms with E-state index in [2.05, 4.69) is 23.6 Å². The van der Waals surface area contributed by atoms with Crippen LogP contribution in [-0.2, 0) is 9.47 Å². The van der Waals surface area contributed by atoms with Crippen molar-refractivity contribution in [2.45, 2.75) is 52.2 Å². The first-order valence-corrected chi connectivity index (χ1v) is 9.13. The number of ether oxygens (including phenoxy) is 2. The van der Waals surface area contributed by atoms with Gasteiger partial charge >= 0.3 is 6.09 Å². The van der Waals surface area contributed by atoms with Gasteiger partial charge in [0.1, 0.15) is 11.7 Å². The molecule has 0 saturated carbocycles. The highest BCUT2D eigenvalue weighted by molar-refractivity contribution is 5.68. The molecule has 2 aliphatic rings. The van der Waals surface area contributed by atoms with E-state index in [0.717, 1.165) is 43.8 Å². The zero-order chi connectivity index (χ0) is 18.4. The summed E-state index contributed by atoms with van der Waals surface area (Å²) < 4.78 is 11.5. The molecule has 5 nitrogen and oxygen atoms in total. The van der Waals surface area contributed by atoms with Crippen LogP contribution >= 0.6 is 0 Å². The van der Waals surface area contributed by atoms with Crippen LogP contribution in [-0.4, -0.2) is 60.3 Å². The van der Waals surface area contributed by atoms with Gasteiger partial charge in [-0.25, -0.2) is 4.79 Å². The van der Waals surface area contributed by atoms with Crippen LogP contribution < -0.4 is 0 Å². The zero-order valence-electron chi connectivity index (χ0n) is 16.1. The number of nitrogens with zero attached hydrogens (tertiary/aromatic N) is 2. The van der Waals surface area contributed by atoms with Crippen molar-refractivity contribution in [2.24, 2.45) is 0 Å². The normalized spacial score (nSPS) is 22.2. The molecular formula is C20H32N2O3. The van der Waals surface area contributed by atoms with Gasteiger partial charge in [0.15, 0.2) is 0 Å². The van der Waals surface area contributed by atoms with E-state index in [9.17, 15) is 4.79 Å². The van der Waals surface area contributed by atoms with Crippen molar-refractivity contribution in [2.75, 3.05) is 32.7 Å². The fraction of sp³-hybridized carbons (Fsp3) is 0.650. The predicted octanol–water partition coefficient (Wildman–Crippen LogP) is 3.73. The van der Waals surface area contributed by atoms with Gasteiger partial charge in [-0.1, -0.05) is 18.7 Å². The molecule has 0 spiro atoms. The molecule has 2 aliphatic heterocycles. The Labute approximate surface area is 152 Å². The largest absolute Gasteiger partial charge is 0.493 e. The van der Waals surface area contributed by atoms with Crippen molar-refractivity contribution in [3.63, 3.8) is 0 Å². The molecule has 5 heteroatoms. The van der Waals surface area contributed by atoms with Crippen molar-refractivity contribution in [1.82, 2.24) is 9.80 Å². The Bertz CT molecular complexity index is 546. The SMILES string of the molecule is C=C(/C=C\C)CN1CC=C(OC2CCN(C(=O)OC(C)(C)C)C2)CC1. The van der Waals surface area contributed by atoms with Crippen molar-refractivity contribution in [1.29, 1.82) is 0 Å². The lowest BCUT2D eigenvalue weighted by atomic mass is 10.2. The first kappa shape index (κ1) is 19.6. The summed E-state index contributed by atoms with van der Waals surface area (Å²) in [5.41, 5.74) is 0.673. The maximum absolute atomic E-state index is 12.1. The van der Waals surface area contributed by atoms with Crippen molar-refractivity contribution < 1.29 is 14.3 Å². The molecule has 0 radical (unpaired) electrons. The summed E-state index contributed by atoms with van der Waals surface area (Å²) >= 11 is 0. The number of hydrogen-bond donors (Lipinski definition) is 0. The second kappa shape index (κ2) is 8.56. The Balaban J connectivity index is 1.76. The third-order valence-corrected chi connectivity index (χ3v) is 4.20. The monoisotopic (exact) mass is 348 g/mol. The molecule has 1 fully saturated rings. The molecule has 140 valence electrons. The Morgan fingerprint density at radius 1 is 1.40 bits per heavy atom. The average molecular weight is 348 g/mol. The van der Waals surface area contributed by atoms with E-state index in [0.29, 0.717) is 13.1 Å². The molecule has 1 amide bonds. The van der Waals surface area contributed by atoms with Gasteiger partial charge in [-0.15, -0.1) is 0 Å². The lowest BCUT2D eigenvalue weighted by Crippen LogP contribution is -2.36. The molecule has 2 rings (SSSR count). The number of rotatable bonds is 5. The first-order valence-electron chi connectivity index (χ1n) is 9.13. The third kappa shape index (κ3) is 6.58. The summed E-state index contributed by atoms with van der Waals surface area (Å²) in [7, 11) is 0. The van der Waals surface area contributed by atoms with Crippen LogP contribution in [0.25, 0.3) is 0 Å². The first-order chi connectivity index (χ1) is 11.8. The van der Waals surface area contributed by atoms with Crippen LogP contribution in [0, 0.1) is 0 Å². The van der Waals surface area contributed by atoms with Gasteiger partial charge in [0.05, 0.1) is 12.3 Å². The summed E-state index contributed by atoms with van der Waals surface area (Å²) in [6.07, 6.45) is 7.83. The fourth-order valence-electron chi connectivity index (χ4n) is 3.05. The van der Waals surface area contributed by atoms with E-state index < -0.39 is 5.60 Å². The van der Waals surface area contributed by atoms with Crippen LogP contribution in [0.2, 0.25) is 0 Å². The molecule has 25 heavy (non-hydrogen) atoms. The Morgan fingerprint density at radius 2 is 2.16 bits per heavy atom. The highest BCUT2D eigenvalue weighted by Crippen LogP contribution is 2.22. The number of hydrogen-bond acceptors (Lipinski definition) is 4. The van der Waals surface area contributed by atoms with E-state index in [-0.39, 0.29) is 12.2 Å². The molecule has 0 aromatic carbocycles. The average Bonchev–Trinajstić information content (AvgIpc) is 2.96. The Kier molecular flexibility index (Phi) is 6.71. The Morgan fingerprint density at radius 3 is 2.76 bits per heavy atom. The molecule has 0 aromatic rings. The van der Waals surface area contributed by atoms with E-state index in [1.807, 2.05) is 33.8 Å². The van der Waals surface area contributed by atoms with Crippen LogP contribution in [0.15, 0.2) is 36.1 Å². The van der Waals surface area contributed by atoms with Crippen LogP contribution in [0.3, 0.4) is 0 Å². The second-order valence-electron chi connectivity index (χ2n) is 7.77. The number of allylic oxidation sites excluding steroid dienone is 1. The van der Waals surface area contributed by atoms with Crippen molar-refractivity contribution >= 4 is 6.09 Å². The summed E-state index contributed by atoms with van der Waals surface area (Å²) in [4.78, 5) is 16.2. The van der Waals surface area contributed by atoms with Crippen LogP contribution in [0.5, 0.6) is 0 Å². The highest BCUT2D eigenvalue weighted by atomic mass is 16.6. The summed E-state index contributed by atoms with van der Waals surface area (Å²) in [5.74, 6) is 1.05. The fourth-order valence-corrected chi connectivity index (χ4v) is 3.05. The van der Waals surface area contributed by atoms with Crippen LogP contribution in [0.4, 0.5) is 4.79 Å². The summed E-state index contributed by atoms with van der Waals surface area (Å²) in [5, 5.41) is 0. The van der Waals surface area contributed by atoms with Gasteiger partial charge in [0.25, 0.3) is 0 Å². The molecule has 1 atom stereocenters. The minimum Gasteiger partial charge on any atom is -0.493 e. The van der Waals surface area contributed by atoms with Crippen molar-refractivity contribution in [3.05, 3.63) is 36.1 Å². The maximum Gasteiger partial charge on any atom is 0.410 e. The summed E-state index contributed by atoms with van der Waals surface area (Å²) in [6, 6.07) is 0. The zero-order valence-corrected chi connectivity index (χ0v) is 16.1. The lowest BCUT2D eigenvalue weighted by molar-refractivity contribution is 0.0252. The predicted molar refractivity (Wildman–Crippen MR) is 100 cm³/mol. The molecular weight excluding hydrogens is 316 g/mol. The van der Waals surface area contributed by atoms with Gasteiger partial charge in [0, 0.05) is 39.0 Å². The molecule has 0 N–H and O–H groups in total. The minimum atomic E-state index is -0.456. The van der Waals surface area contributed by atoms with E-state index >= 15 is 0 Å². The third-order valence-electron chi connectivity index (χ3n) is 4.20. The lowest BCUT2D eigenvalue weighted by Gasteiger charge is -2.28. The quantitative estimate of drug-likeness (QED) is 0.710. The standard InChI is InChI=1S/C20H32N2O3/c1-6-7-16(2)14-21-11-8-17(9-12-21)24-18-10-13-22(15-18)19(23)25-20(3,4)5/h6-8,18H,2,9-15H2,1,3-5H3/b7-6-. The molecule has 0 aliphatic carbocycles. The van der Waals surface area contributed by atoms with E-state index in [1.165, 1.54) is 0 Å². The van der Waals surface area contributed by atoms with E-state index in [4.69, 9.17) is 9.47 Å². The van der Waals surface area contributed by atoms with Gasteiger partial charge in [-0.05, 0) is 39.3 Å². The number of carbonyl (C=O) groups is 1. The summed E-state index contributed by atoms with van der Waals surface area (Å²) in [6.45, 7) is 15.8. The van der Waals surface area contributed by atoms with E-state index in [1.54, 1.807) is 4.90 Å². The molecule has 0 aromatic heterocycles. The van der Waals surface area contributed by atoms with Crippen molar-refractivity contribution in [3.8, 4) is 0 Å². The van der Waals surface area contributed by atoms with Gasteiger partial charge in [-0.2, -0.15) is 0 Å². The highest BCUT2D eigenvalue weighted by Gasteiger charge is 2.31. The van der Waals surface area contributed by atoms with Crippen LogP contribution in [0.1, 0.15) is 40.5 Å². The molecule has 1 unspecified atom stereocenters. The number of amides is 1. The topological polar surface area (TPSA) is 42.0 Å². The van der Waals surface area contributed by atoms with Gasteiger partial charge in [-0.3, -0.25) is 4.90 Å². The maximum atomic E-state index is 12.1. The minimum absolute atomic E-state index is 0.0725. The number of carbonyl (C=O) groups excluding carboxylic acids is 1. The second-order valence-corrected chi connectivity index (χ2v) is 7.77. The Hall–Kier alpha value is -1.75. The molecule has 0 bridgehead atoms. The number of likely N-dealkylation sites (tertiary alicyclic amines) is 1. The molecule has 2 heterocycles.